The van der Waals surface area contributed by atoms with Crippen molar-refractivity contribution >= 4 is 23.1 Å². The third kappa shape index (κ3) is 5.40. The maximum Gasteiger partial charge on any atom is 0.0650 e. The first kappa shape index (κ1) is 22.4. The summed E-state index contributed by atoms with van der Waals surface area (Å²) in [5.41, 5.74) is 10.4. The fourth-order valence-corrected chi connectivity index (χ4v) is 2.94. The molecular weight excluding hydrogens is 330 g/mol. The first-order valence-electron chi connectivity index (χ1n) is 9.84. The van der Waals surface area contributed by atoms with Crippen LogP contribution in [0.15, 0.2) is 55.1 Å². The van der Waals surface area contributed by atoms with E-state index in [1.165, 1.54) is 16.8 Å². The van der Waals surface area contributed by atoms with E-state index >= 15 is 0 Å². The van der Waals surface area contributed by atoms with Gasteiger partial charge in [0.15, 0.2) is 0 Å². The lowest BCUT2D eigenvalue weighted by Gasteiger charge is -2.31. The molecule has 3 nitrogen and oxygen atoms in total. The van der Waals surface area contributed by atoms with Gasteiger partial charge in [-0.15, -0.1) is 0 Å². The number of hydrazine groups is 1. The minimum absolute atomic E-state index is 0.819. The van der Waals surface area contributed by atoms with Crippen LogP contribution in [0.25, 0.3) is 11.8 Å². The second kappa shape index (κ2) is 11.1. The van der Waals surface area contributed by atoms with Crippen LogP contribution in [-0.4, -0.2) is 20.6 Å². The van der Waals surface area contributed by atoms with Gasteiger partial charge >= 0.3 is 0 Å². The lowest BCUT2D eigenvalue weighted by molar-refractivity contribution is 0.802. The molecule has 0 saturated carbocycles. The van der Waals surface area contributed by atoms with Gasteiger partial charge < -0.3 is 4.90 Å². The van der Waals surface area contributed by atoms with E-state index in [0.29, 0.717) is 0 Å². The molecule has 2 aromatic carbocycles. The van der Waals surface area contributed by atoms with E-state index in [4.69, 9.17) is 0 Å². The molecular formula is C24H35N3. The molecule has 0 saturated heterocycles. The van der Waals surface area contributed by atoms with Crippen molar-refractivity contribution in [1.82, 2.24) is 5.43 Å². The standard InChI is InChI=1S/C20H23N3.2C2H6/c1-15-9-7-13-20-17(15)11-8-14-23(20)21-16(2)18-10-5-6-12-19(18)22(3)4;2*1-2/h5-13,21H,2,14H2,1,3-4H3;2*1-2H3. The highest BCUT2D eigenvalue weighted by Gasteiger charge is 2.16. The third-order valence-corrected chi connectivity index (χ3v) is 4.15. The molecule has 0 aliphatic carbocycles. The summed E-state index contributed by atoms with van der Waals surface area (Å²) in [5, 5.41) is 2.15. The SMILES string of the molecule is C=C(NN1CC=Cc2c(C)cccc21)c1ccccc1N(C)C.CC.CC. The average molecular weight is 366 g/mol. The van der Waals surface area contributed by atoms with Gasteiger partial charge in [-0.25, -0.2) is 0 Å². The van der Waals surface area contributed by atoms with E-state index < -0.39 is 0 Å². The van der Waals surface area contributed by atoms with E-state index in [9.17, 15) is 0 Å². The Morgan fingerprint density at radius 3 is 2.33 bits per heavy atom. The Morgan fingerprint density at radius 2 is 1.67 bits per heavy atom. The molecule has 0 unspecified atom stereocenters. The van der Waals surface area contributed by atoms with Crippen molar-refractivity contribution in [2.75, 3.05) is 30.5 Å². The van der Waals surface area contributed by atoms with Gasteiger partial charge in [0, 0.05) is 30.9 Å². The lowest BCUT2D eigenvalue weighted by atomic mass is 10.0. The van der Waals surface area contributed by atoms with E-state index in [-0.39, 0.29) is 0 Å². The van der Waals surface area contributed by atoms with Crippen LogP contribution < -0.4 is 15.3 Å². The van der Waals surface area contributed by atoms with Crippen molar-refractivity contribution in [1.29, 1.82) is 0 Å². The van der Waals surface area contributed by atoms with Gasteiger partial charge in [0.2, 0.25) is 0 Å². The second-order valence-electron chi connectivity index (χ2n) is 6.02. The van der Waals surface area contributed by atoms with Gasteiger partial charge in [0.25, 0.3) is 0 Å². The molecule has 1 aliphatic rings. The van der Waals surface area contributed by atoms with Gasteiger partial charge in [0.1, 0.15) is 0 Å². The van der Waals surface area contributed by atoms with Crippen molar-refractivity contribution in [2.45, 2.75) is 34.6 Å². The zero-order valence-electron chi connectivity index (χ0n) is 18.0. The van der Waals surface area contributed by atoms with E-state index in [0.717, 1.165) is 23.5 Å². The highest BCUT2D eigenvalue weighted by Crippen LogP contribution is 2.29. The number of hydrogen-bond acceptors (Lipinski definition) is 3. The number of hydrogen-bond donors (Lipinski definition) is 1. The van der Waals surface area contributed by atoms with Gasteiger partial charge in [-0.1, -0.05) is 76.8 Å². The Hall–Kier alpha value is -2.68. The van der Waals surface area contributed by atoms with Crippen molar-refractivity contribution in [3.63, 3.8) is 0 Å². The molecule has 0 spiro atoms. The summed E-state index contributed by atoms with van der Waals surface area (Å²) in [7, 11) is 4.10. The van der Waals surface area contributed by atoms with Crippen LogP contribution in [0, 0.1) is 6.92 Å². The number of aryl methyl sites for hydroxylation is 1. The Balaban J connectivity index is 0.000000855. The normalized spacial score (nSPS) is 11.3. The number of anilines is 2. The second-order valence-corrected chi connectivity index (χ2v) is 6.02. The molecule has 0 aromatic heterocycles. The summed E-state index contributed by atoms with van der Waals surface area (Å²) in [6.45, 7) is 15.2. The number of nitrogens with one attached hydrogen (secondary N) is 1. The molecule has 1 heterocycles. The summed E-state index contributed by atoms with van der Waals surface area (Å²) in [6.07, 6.45) is 4.37. The van der Waals surface area contributed by atoms with Crippen molar-refractivity contribution in [3.8, 4) is 0 Å². The van der Waals surface area contributed by atoms with Crippen LogP contribution >= 0.6 is 0 Å². The van der Waals surface area contributed by atoms with E-state index in [1.54, 1.807) is 0 Å². The summed E-state index contributed by atoms with van der Waals surface area (Å²) in [5.74, 6) is 0. The molecule has 27 heavy (non-hydrogen) atoms. The van der Waals surface area contributed by atoms with Gasteiger partial charge in [0.05, 0.1) is 17.9 Å². The predicted molar refractivity (Wildman–Crippen MR) is 123 cm³/mol. The fraction of sp³-hybridized carbons (Fsp3) is 0.333. The average Bonchev–Trinajstić information content (AvgIpc) is 2.72. The van der Waals surface area contributed by atoms with Crippen LogP contribution in [0.3, 0.4) is 0 Å². The van der Waals surface area contributed by atoms with E-state index in [2.05, 4.69) is 91.5 Å². The van der Waals surface area contributed by atoms with E-state index in [1.807, 2.05) is 33.8 Å². The highest BCUT2D eigenvalue weighted by atomic mass is 15.5. The number of para-hydroxylation sites is 1. The highest BCUT2D eigenvalue weighted by molar-refractivity contribution is 5.78. The summed E-state index contributed by atoms with van der Waals surface area (Å²) in [6, 6.07) is 14.7. The van der Waals surface area contributed by atoms with Gasteiger partial charge in [-0.3, -0.25) is 10.4 Å². The molecule has 1 aliphatic heterocycles. The Labute approximate surface area is 166 Å². The van der Waals surface area contributed by atoms with Crippen LogP contribution in [0.4, 0.5) is 11.4 Å². The molecule has 3 rings (SSSR count). The smallest absolute Gasteiger partial charge is 0.0650 e. The minimum Gasteiger partial charge on any atom is -0.377 e. The molecule has 0 fully saturated rings. The summed E-state index contributed by atoms with van der Waals surface area (Å²) >= 11 is 0. The summed E-state index contributed by atoms with van der Waals surface area (Å²) in [4.78, 5) is 2.11. The number of fused-ring (bicyclic) bond motifs is 1. The maximum absolute atomic E-state index is 4.25. The monoisotopic (exact) mass is 365 g/mol. The van der Waals surface area contributed by atoms with Crippen molar-refractivity contribution in [2.24, 2.45) is 0 Å². The van der Waals surface area contributed by atoms with Crippen molar-refractivity contribution < 1.29 is 0 Å². The van der Waals surface area contributed by atoms with Gasteiger partial charge in [-0.05, 0) is 24.6 Å². The first-order chi connectivity index (χ1) is 13.1. The lowest BCUT2D eigenvalue weighted by Crippen LogP contribution is -2.38. The first-order valence-corrected chi connectivity index (χ1v) is 9.84. The quantitative estimate of drug-likeness (QED) is 0.704. The molecule has 0 atom stereocenters. The Kier molecular flexibility index (Phi) is 9.21. The van der Waals surface area contributed by atoms with Crippen LogP contribution in [0.1, 0.15) is 44.4 Å². The topological polar surface area (TPSA) is 18.5 Å². The van der Waals surface area contributed by atoms with Crippen LogP contribution in [0.5, 0.6) is 0 Å². The Morgan fingerprint density at radius 1 is 1.00 bits per heavy atom. The maximum atomic E-state index is 4.25. The molecule has 0 amide bonds. The minimum atomic E-state index is 0.819. The number of rotatable bonds is 4. The zero-order chi connectivity index (χ0) is 20.4. The van der Waals surface area contributed by atoms with Crippen molar-refractivity contribution in [3.05, 3.63) is 71.8 Å². The largest absolute Gasteiger partial charge is 0.377 e. The number of nitrogens with zero attached hydrogens (tertiary/aromatic N) is 2. The summed E-state index contributed by atoms with van der Waals surface area (Å²) < 4.78 is 0. The molecule has 3 heteroatoms. The molecule has 0 bridgehead atoms. The molecule has 2 aromatic rings. The van der Waals surface area contributed by atoms with Gasteiger partial charge in [-0.2, -0.15) is 0 Å². The molecule has 0 radical (unpaired) electrons. The third-order valence-electron chi connectivity index (χ3n) is 4.15. The molecule has 1 N–H and O–H groups in total. The fourth-order valence-electron chi connectivity index (χ4n) is 2.94. The van der Waals surface area contributed by atoms with Crippen LogP contribution in [-0.2, 0) is 0 Å². The Bertz CT molecular complexity index is 760. The zero-order valence-corrected chi connectivity index (χ0v) is 18.0. The van der Waals surface area contributed by atoms with Crippen LogP contribution in [0.2, 0.25) is 0 Å². The predicted octanol–water partition coefficient (Wildman–Crippen LogP) is 6.12. The molecule has 146 valence electrons. The number of benzene rings is 2.